The highest BCUT2D eigenvalue weighted by atomic mass is 32.3. The van der Waals surface area contributed by atoms with Crippen molar-refractivity contribution in [3.05, 3.63) is 199 Å². The van der Waals surface area contributed by atoms with Gasteiger partial charge in [0.2, 0.25) is 25.1 Å². The van der Waals surface area contributed by atoms with Gasteiger partial charge in [0.25, 0.3) is 26.0 Å². The van der Waals surface area contributed by atoms with Crippen LogP contribution in [0.1, 0.15) is 82.2 Å². The van der Waals surface area contributed by atoms with Crippen molar-refractivity contribution in [2.75, 3.05) is 69.2 Å². The van der Waals surface area contributed by atoms with Crippen molar-refractivity contribution in [3.8, 4) is 69.0 Å². The van der Waals surface area contributed by atoms with E-state index in [-0.39, 0.29) is 131 Å². The predicted octanol–water partition coefficient (Wildman–Crippen LogP) is 16.3. The minimum Gasteiger partial charge on any atom is -0.504 e. The maximum absolute atomic E-state index is 12.6. The molecule has 1 saturated heterocycles. The van der Waals surface area contributed by atoms with Crippen LogP contribution < -0.4 is 43.6 Å². The number of thiophene rings is 5. The number of phenols is 6. The number of benzene rings is 5. The Kier molecular flexibility index (Phi) is 33.4. The lowest BCUT2D eigenvalue weighted by molar-refractivity contribution is -0.149. The van der Waals surface area contributed by atoms with Gasteiger partial charge >= 0.3 is 0 Å². The third kappa shape index (κ3) is 23.3. The number of phenolic OH excluding ortho intramolecular Hbond substituents is 6. The first kappa shape index (κ1) is 96.0. The van der Waals surface area contributed by atoms with Crippen molar-refractivity contribution in [2.45, 2.75) is 86.5 Å². The molecule has 6 aromatic heterocycles. The number of sulfone groups is 3. The third-order valence-electron chi connectivity index (χ3n) is 17.3. The van der Waals surface area contributed by atoms with Gasteiger partial charge in [-0.1, -0.05) is 78.1 Å². The Bertz CT molecular complexity index is 6210. The Morgan fingerprint density at radius 3 is 1.23 bits per heavy atom. The number of nitrogens with two attached hydrogens (primary N) is 1. The second-order valence-electron chi connectivity index (χ2n) is 25.5. The van der Waals surface area contributed by atoms with E-state index in [4.69, 9.17) is 43.6 Å². The molecule has 3 aliphatic rings. The molecular formula is C80H82N6O25S13. The summed E-state index contributed by atoms with van der Waals surface area (Å²) < 4.78 is 175. The number of primary amides is 1. The van der Waals surface area contributed by atoms with Gasteiger partial charge in [0, 0.05) is 48.7 Å². The number of nitrogens with zero attached hydrogens (tertiary/aromatic N) is 3. The molecule has 0 unspecified atom stereocenters. The molecule has 0 spiro atoms. The minimum atomic E-state index is -3.86. The van der Waals surface area contributed by atoms with Crippen molar-refractivity contribution in [3.63, 3.8) is 0 Å². The summed E-state index contributed by atoms with van der Waals surface area (Å²) in [6.07, 6.45) is 23.5. The molecular weight excluding hydrogens is 1860 g/mol. The molecule has 44 heteroatoms. The molecule has 660 valence electrons. The van der Waals surface area contributed by atoms with Gasteiger partial charge in [0.05, 0.1) is 62.3 Å². The number of anilines is 2. The fourth-order valence-corrected chi connectivity index (χ4v) is 25.9. The van der Waals surface area contributed by atoms with E-state index in [1.165, 1.54) is 121 Å². The number of thioether (sulfide) groups is 3. The highest BCUT2D eigenvalue weighted by molar-refractivity contribution is 7.99. The number of allylic oxidation sites excluding steroid dienone is 3. The van der Waals surface area contributed by atoms with Crippen molar-refractivity contribution in [1.29, 1.82) is 0 Å². The first-order valence-corrected chi connectivity index (χ1v) is 52.2. The Balaban J connectivity index is 0.000000163. The lowest BCUT2D eigenvalue weighted by atomic mass is 10.1. The second kappa shape index (κ2) is 43.2. The monoisotopic (exact) mass is 1940 g/mol. The molecule has 0 bridgehead atoms. The average Bonchev–Trinajstić information content (AvgIpc) is 1.61. The van der Waals surface area contributed by atoms with E-state index in [2.05, 4.69) is 19.8 Å². The molecule has 1 amide bonds. The molecule has 0 radical (unpaired) electrons. The highest BCUT2D eigenvalue weighted by Gasteiger charge is 2.32. The molecule has 0 saturated carbocycles. The van der Waals surface area contributed by atoms with Crippen molar-refractivity contribution in [1.82, 2.24) is 15.0 Å². The van der Waals surface area contributed by atoms with Gasteiger partial charge in [0.1, 0.15) is 21.0 Å². The van der Waals surface area contributed by atoms with Crippen molar-refractivity contribution >= 4 is 195 Å². The van der Waals surface area contributed by atoms with Crippen LogP contribution in [0.2, 0.25) is 0 Å². The van der Waals surface area contributed by atoms with Crippen LogP contribution in [0.25, 0.3) is 36.6 Å². The van der Waals surface area contributed by atoms with Gasteiger partial charge in [-0.05, 0) is 162 Å². The van der Waals surface area contributed by atoms with Gasteiger partial charge in [0.15, 0.2) is 99.0 Å². The predicted molar refractivity (Wildman–Crippen MR) is 486 cm³/mol. The SMILES string of the molecule is C/C=C/c1c(O)c(O)cc(CS(=O)(=O)c2cccs2)c1SC.C/C=C/c1c(O)c(OC)cc(CS(=O)(=O)c2cccs2)c1SC.C/C=C/c1c(O)c(OC)cc(CS(=O)(=O)c2cccs2)c1SC.NC(=O)c1cnnn1/C=C/c1cc(NS(=O)(=O)c2cccs2)c2c(c1O)OCO2.O=S(=O)(Nc1cc(/C=C/C2OCCCO2)c(O)c2c1OCO2)c1cccs1. The number of carbonyl (C=O) groups is 1. The van der Waals surface area contributed by atoms with E-state index in [1.54, 1.807) is 149 Å². The smallest absolute Gasteiger partial charge is 0.271 e. The second-order valence-corrected chi connectivity index (χ2v) is 43.1. The molecule has 5 aromatic carbocycles. The normalized spacial score (nSPS) is 13.5. The van der Waals surface area contributed by atoms with Crippen LogP contribution >= 0.6 is 92.0 Å². The highest BCUT2D eigenvalue weighted by Crippen LogP contribution is 2.52. The Morgan fingerprint density at radius 2 is 0.871 bits per heavy atom. The van der Waals surface area contributed by atoms with Crippen LogP contribution in [-0.2, 0) is 76.3 Å². The number of ether oxygens (including phenoxy) is 8. The summed E-state index contributed by atoms with van der Waals surface area (Å²) in [6, 6.07) is 23.5. The largest absolute Gasteiger partial charge is 0.504 e. The summed E-state index contributed by atoms with van der Waals surface area (Å²) in [5.41, 5.74) is 9.37. The summed E-state index contributed by atoms with van der Waals surface area (Å²) in [7, 11) is -15.1. The molecule has 31 nitrogen and oxygen atoms in total. The van der Waals surface area contributed by atoms with Crippen molar-refractivity contribution < 1.29 is 115 Å². The Labute approximate surface area is 748 Å². The number of sulfonamides is 2. The number of fused-ring (bicyclic) bond motifs is 2. The molecule has 0 atom stereocenters. The zero-order valence-corrected chi connectivity index (χ0v) is 77.4. The number of hydrogen-bond donors (Lipinski definition) is 9. The summed E-state index contributed by atoms with van der Waals surface area (Å²) in [4.78, 5) is 13.5. The number of aromatic hydroxyl groups is 6. The van der Waals surface area contributed by atoms with Crippen LogP contribution in [0.15, 0.2) is 184 Å². The Hall–Kier alpha value is -10.2. The van der Waals surface area contributed by atoms with E-state index in [9.17, 15) is 77.5 Å². The third-order valence-corrected chi connectivity index (χ3v) is 35.0. The van der Waals surface area contributed by atoms with Crippen LogP contribution in [0, 0.1) is 0 Å². The number of rotatable bonds is 28. The summed E-state index contributed by atoms with van der Waals surface area (Å²) in [5.74, 6) is -1.32. The molecule has 0 aliphatic carbocycles. The number of aromatic nitrogens is 3. The number of nitrogens with one attached hydrogen (secondary N) is 2. The number of methoxy groups -OCH3 is 2. The average molecular weight is 1940 g/mol. The fraction of sp³-hybridized carbons (Fsp3) is 0.212. The number of carbonyl (C=O) groups excluding carboxylic acids is 1. The summed E-state index contributed by atoms with van der Waals surface area (Å²) in [5, 5.41) is 77.1. The van der Waals surface area contributed by atoms with Gasteiger partial charge < -0.3 is 74.3 Å². The van der Waals surface area contributed by atoms with Crippen LogP contribution in [0.4, 0.5) is 11.4 Å². The van der Waals surface area contributed by atoms with Crippen LogP contribution in [-0.4, -0.2) is 160 Å². The molecule has 3 aliphatic heterocycles. The van der Waals surface area contributed by atoms with E-state index >= 15 is 0 Å². The zero-order chi connectivity index (χ0) is 89.8. The molecule has 11 aromatic rings. The molecule has 1 fully saturated rings. The quantitative estimate of drug-likeness (QED) is 0.0125. The van der Waals surface area contributed by atoms with Gasteiger partial charge in [-0.2, -0.15) is 0 Å². The maximum atomic E-state index is 12.6. The zero-order valence-electron chi connectivity index (χ0n) is 66.8. The fourth-order valence-electron chi connectivity index (χ4n) is 11.9. The van der Waals surface area contributed by atoms with E-state index in [1.807, 2.05) is 26.4 Å². The maximum Gasteiger partial charge on any atom is 0.271 e. The molecule has 14 rings (SSSR count). The topological polar surface area (TPSA) is 464 Å². The number of hydrogen-bond acceptors (Lipinski definition) is 35. The van der Waals surface area contributed by atoms with Crippen LogP contribution in [0.3, 0.4) is 0 Å². The van der Waals surface area contributed by atoms with Gasteiger partial charge in [-0.3, -0.25) is 14.2 Å². The first-order chi connectivity index (χ1) is 59.2. The lowest BCUT2D eigenvalue weighted by Gasteiger charge is -2.20. The first-order valence-electron chi connectivity index (χ1n) is 36.2. The molecule has 9 heterocycles. The lowest BCUT2D eigenvalue weighted by Crippen LogP contribution is -2.22. The van der Waals surface area contributed by atoms with E-state index in [0.717, 1.165) is 54.9 Å². The van der Waals surface area contributed by atoms with Crippen molar-refractivity contribution in [2.24, 2.45) is 5.73 Å². The summed E-state index contributed by atoms with van der Waals surface area (Å²) >= 11 is 9.87. The standard InChI is InChI=1S/C17H17NO7S2.C16H13N5O6S2.2C16H18O4S3.C15H16O4S3/c19-15-11(4-5-13-22-6-2-7-23-13)9-12(16-17(15)25-10-24-16)18-27(20,21)14-3-1-8-26-14;17-16(23)11-7-18-20-21(11)4-3-9-6-10(14-15(13(9)22)27-8-26-14)19-29(24,25)12-2-1-5-28-12;2*1-4-6-12-15(17)13(20-2)9-11(16(12)21-3)10-23(18,19)14-7-5-8-22-14;1-3-5-11-14(17)12(16)8-10(15(11)20-2)9-22(18,19)13-6-4-7-21-13/h1,3-5,8-9,13,18-19H,2,6-7,10H2;1-7,19,22H,8H2,(H2,17,23);2*4-9,17H,10H2,1-3H3;3-8,16-17H,9H2,1-2H3/b5-4+;4-3+;2*6-4+;5-3+. The molecule has 124 heavy (non-hydrogen) atoms. The summed E-state index contributed by atoms with van der Waals surface area (Å²) in [6.45, 7) is 6.35. The van der Waals surface area contributed by atoms with Gasteiger partial charge in [-0.25, -0.2) is 46.8 Å². The van der Waals surface area contributed by atoms with Crippen LogP contribution in [0.5, 0.6) is 69.0 Å². The van der Waals surface area contributed by atoms with Gasteiger partial charge in [-0.15, -0.1) is 97.1 Å². The minimum absolute atomic E-state index is 0.00950. The van der Waals surface area contributed by atoms with E-state index in [0.29, 0.717) is 69.7 Å². The Morgan fingerprint density at radius 1 is 0.508 bits per heavy atom. The molecule has 10 N–H and O–H groups in total. The number of amides is 1. The van der Waals surface area contributed by atoms with E-state index < -0.39 is 61.8 Å².